The molecule has 2 aromatic rings. The summed E-state index contributed by atoms with van der Waals surface area (Å²) in [5, 5.41) is 10.7. The zero-order valence-electron chi connectivity index (χ0n) is 10.9. The van der Waals surface area contributed by atoms with E-state index in [9.17, 15) is 13.6 Å². The van der Waals surface area contributed by atoms with Gasteiger partial charge in [0, 0.05) is 10.9 Å². The Morgan fingerprint density at radius 2 is 2.19 bits per heavy atom. The SMILES string of the molecule is CCOc1cc(-c2nc(C(=O)O)cs2)ccc1OC(F)F. The maximum Gasteiger partial charge on any atom is 0.387 e. The van der Waals surface area contributed by atoms with E-state index in [4.69, 9.17) is 9.84 Å². The van der Waals surface area contributed by atoms with Crippen molar-refractivity contribution in [2.45, 2.75) is 13.5 Å². The van der Waals surface area contributed by atoms with Crippen LogP contribution in [0.5, 0.6) is 11.5 Å². The molecule has 0 amide bonds. The highest BCUT2D eigenvalue weighted by atomic mass is 32.1. The molecule has 1 aromatic carbocycles. The molecule has 112 valence electrons. The molecule has 1 heterocycles. The molecular weight excluding hydrogens is 304 g/mol. The van der Waals surface area contributed by atoms with Gasteiger partial charge in [-0.25, -0.2) is 9.78 Å². The van der Waals surface area contributed by atoms with Crippen molar-refractivity contribution in [1.82, 2.24) is 4.98 Å². The standard InChI is InChI=1S/C13H11F2NO4S/c1-2-19-10-5-7(3-4-9(10)20-13(14)15)11-16-8(6-21-11)12(17)18/h3-6,13H,2H2,1H3,(H,17,18). The van der Waals surface area contributed by atoms with Crippen molar-refractivity contribution in [3.8, 4) is 22.1 Å². The summed E-state index contributed by atoms with van der Waals surface area (Å²) in [4.78, 5) is 14.8. The molecule has 1 aromatic heterocycles. The van der Waals surface area contributed by atoms with Gasteiger partial charge in [0.2, 0.25) is 0 Å². The van der Waals surface area contributed by atoms with Crippen LogP contribution in [-0.2, 0) is 0 Å². The van der Waals surface area contributed by atoms with Crippen molar-refractivity contribution in [2.75, 3.05) is 6.61 Å². The molecule has 1 N–H and O–H groups in total. The Morgan fingerprint density at radius 1 is 1.43 bits per heavy atom. The number of carboxylic acid groups (broad SMARTS) is 1. The molecule has 0 fully saturated rings. The lowest BCUT2D eigenvalue weighted by Crippen LogP contribution is -2.04. The molecule has 0 aliphatic rings. The molecule has 0 saturated carbocycles. The number of rotatable bonds is 6. The molecule has 0 spiro atoms. The first-order valence-corrected chi connectivity index (χ1v) is 6.80. The Hall–Kier alpha value is -2.22. The molecule has 0 atom stereocenters. The van der Waals surface area contributed by atoms with E-state index >= 15 is 0 Å². The molecule has 5 nitrogen and oxygen atoms in total. The number of aromatic carboxylic acids is 1. The monoisotopic (exact) mass is 315 g/mol. The fraction of sp³-hybridized carbons (Fsp3) is 0.231. The molecule has 0 radical (unpaired) electrons. The van der Waals surface area contributed by atoms with E-state index in [0.717, 1.165) is 11.3 Å². The minimum Gasteiger partial charge on any atom is -0.490 e. The van der Waals surface area contributed by atoms with E-state index in [2.05, 4.69) is 9.72 Å². The number of hydrogen-bond donors (Lipinski definition) is 1. The van der Waals surface area contributed by atoms with Gasteiger partial charge in [-0.2, -0.15) is 8.78 Å². The number of carboxylic acids is 1. The quantitative estimate of drug-likeness (QED) is 0.883. The molecule has 0 bridgehead atoms. The second kappa shape index (κ2) is 6.49. The predicted octanol–water partition coefficient (Wildman–Crippen LogP) is 3.51. The normalized spacial score (nSPS) is 10.7. The lowest BCUT2D eigenvalue weighted by atomic mass is 10.2. The maximum absolute atomic E-state index is 12.3. The largest absolute Gasteiger partial charge is 0.490 e. The van der Waals surface area contributed by atoms with E-state index in [0.29, 0.717) is 10.6 Å². The first-order chi connectivity index (χ1) is 10.0. The van der Waals surface area contributed by atoms with E-state index in [-0.39, 0.29) is 23.8 Å². The maximum atomic E-state index is 12.3. The van der Waals surface area contributed by atoms with Crippen LogP contribution < -0.4 is 9.47 Å². The molecule has 0 aliphatic carbocycles. The minimum absolute atomic E-state index is 0.0686. The number of aromatic nitrogens is 1. The van der Waals surface area contributed by atoms with Gasteiger partial charge in [-0.05, 0) is 25.1 Å². The number of alkyl halides is 2. The van der Waals surface area contributed by atoms with Crippen LogP contribution >= 0.6 is 11.3 Å². The van der Waals surface area contributed by atoms with E-state index in [1.54, 1.807) is 6.92 Å². The third-order valence-corrected chi connectivity index (χ3v) is 3.32. The number of nitrogens with zero attached hydrogens (tertiary/aromatic N) is 1. The average molecular weight is 315 g/mol. The summed E-state index contributed by atoms with van der Waals surface area (Å²) < 4.78 is 34.2. The summed E-state index contributed by atoms with van der Waals surface area (Å²) in [6.45, 7) is -0.958. The van der Waals surface area contributed by atoms with Gasteiger partial charge >= 0.3 is 12.6 Å². The first-order valence-electron chi connectivity index (χ1n) is 5.92. The van der Waals surface area contributed by atoms with E-state index in [1.165, 1.54) is 23.6 Å². The second-order valence-corrected chi connectivity index (χ2v) is 4.67. The van der Waals surface area contributed by atoms with Gasteiger partial charge in [0.25, 0.3) is 0 Å². The molecule has 0 unspecified atom stereocenters. The van der Waals surface area contributed by atoms with Crippen LogP contribution in [0.25, 0.3) is 10.6 Å². The first kappa shape index (κ1) is 15.2. The number of hydrogen-bond acceptors (Lipinski definition) is 5. The summed E-state index contributed by atoms with van der Waals surface area (Å²) in [6, 6.07) is 4.35. The number of thiazole rings is 1. The molecular formula is C13H11F2NO4S. The second-order valence-electron chi connectivity index (χ2n) is 3.82. The van der Waals surface area contributed by atoms with Gasteiger partial charge in [0.05, 0.1) is 6.61 Å². The van der Waals surface area contributed by atoms with Gasteiger partial charge < -0.3 is 14.6 Å². The highest BCUT2D eigenvalue weighted by molar-refractivity contribution is 7.13. The van der Waals surface area contributed by atoms with Gasteiger partial charge in [-0.1, -0.05) is 0 Å². The Kier molecular flexibility index (Phi) is 4.69. The van der Waals surface area contributed by atoms with Crippen molar-refractivity contribution >= 4 is 17.3 Å². The van der Waals surface area contributed by atoms with Crippen LogP contribution in [0.15, 0.2) is 23.6 Å². The van der Waals surface area contributed by atoms with Crippen molar-refractivity contribution in [3.05, 3.63) is 29.3 Å². The van der Waals surface area contributed by atoms with Crippen molar-refractivity contribution < 1.29 is 28.2 Å². The number of ether oxygens (including phenoxy) is 2. The van der Waals surface area contributed by atoms with Gasteiger partial charge in [-0.3, -0.25) is 0 Å². The summed E-state index contributed by atoms with van der Waals surface area (Å²) >= 11 is 1.14. The Morgan fingerprint density at radius 3 is 2.76 bits per heavy atom. The van der Waals surface area contributed by atoms with Crippen LogP contribution in [0.1, 0.15) is 17.4 Å². The fourth-order valence-electron chi connectivity index (χ4n) is 1.61. The number of carbonyl (C=O) groups is 1. The lowest BCUT2D eigenvalue weighted by Gasteiger charge is -2.11. The van der Waals surface area contributed by atoms with E-state index in [1.807, 2.05) is 0 Å². The zero-order chi connectivity index (χ0) is 15.4. The highest BCUT2D eigenvalue weighted by Crippen LogP contribution is 2.34. The Labute approximate surface area is 122 Å². The Bertz CT molecular complexity index is 645. The minimum atomic E-state index is -2.95. The summed E-state index contributed by atoms with van der Waals surface area (Å²) in [7, 11) is 0. The third-order valence-electron chi connectivity index (χ3n) is 2.43. The van der Waals surface area contributed by atoms with Crippen LogP contribution in [0.2, 0.25) is 0 Å². The Balaban J connectivity index is 2.35. The van der Waals surface area contributed by atoms with Gasteiger partial charge in [0.15, 0.2) is 17.2 Å². The van der Waals surface area contributed by atoms with Crippen molar-refractivity contribution in [3.63, 3.8) is 0 Å². The highest BCUT2D eigenvalue weighted by Gasteiger charge is 2.15. The van der Waals surface area contributed by atoms with Crippen LogP contribution in [0.3, 0.4) is 0 Å². The summed E-state index contributed by atoms with van der Waals surface area (Å²) in [5.74, 6) is -1.05. The smallest absolute Gasteiger partial charge is 0.387 e. The summed E-state index contributed by atoms with van der Waals surface area (Å²) in [6.07, 6.45) is 0. The number of halogens is 2. The van der Waals surface area contributed by atoms with Crippen LogP contribution in [-0.4, -0.2) is 29.3 Å². The van der Waals surface area contributed by atoms with Gasteiger partial charge in [0.1, 0.15) is 5.01 Å². The van der Waals surface area contributed by atoms with Crippen LogP contribution in [0, 0.1) is 0 Å². The summed E-state index contributed by atoms with van der Waals surface area (Å²) in [5.41, 5.74) is 0.499. The molecule has 0 aliphatic heterocycles. The van der Waals surface area contributed by atoms with Crippen molar-refractivity contribution in [1.29, 1.82) is 0 Å². The molecule has 0 saturated heterocycles. The predicted molar refractivity (Wildman–Crippen MR) is 72.3 cm³/mol. The lowest BCUT2D eigenvalue weighted by molar-refractivity contribution is -0.0514. The fourth-order valence-corrected chi connectivity index (χ4v) is 2.40. The van der Waals surface area contributed by atoms with Crippen LogP contribution in [0.4, 0.5) is 8.78 Å². The molecule has 21 heavy (non-hydrogen) atoms. The molecule has 2 rings (SSSR count). The average Bonchev–Trinajstić information content (AvgIpc) is 2.90. The third kappa shape index (κ3) is 3.66. The number of benzene rings is 1. The van der Waals surface area contributed by atoms with Crippen molar-refractivity contribution in [2.24, 2.45) is 0 Å². The van der Waals surface area contributed by atoms with Gasteiger partial charge in [-0.15, -0.1) is 11.3 Å². The topological polar surface area (TPSA) is 68.7 Å². The zero-order valence-corrected chi connectivity index (χ0v) is 11.7. The molecule has 8 heteroatoms. The van der Waals surface area contributed by atoms with E-state index < -0.39 is 12.6 Å².